The lowest BCUT2D eigenvalue weighted by Gasteiger charge is -2.44. The molecular weight excluding hydrogens is 1690 g/mol. The van der Waals surface area contributed by atoms with Gasteiger partial charge >= 0.3 is 0 Å². The standard InChI is InChI=1S/C58H88FNO7.C57H79FN2O7/c1-5-6-7-8-9-10-11-12-13-15-19-28-35-54(62)57(65-42-49-32-25-22-26-33-49)52(43-66-58-47(4)45(2)46(3)55(67-58)44-64-41-48-30-23-21-24-31-48)60-56(63)36-29-20-17-14-16-18-27-34-53(61)50-37-39-51(59)40-38-50;1-5-6-7-8-9-10-11-12-13-14-15-25-32-52(64-39-47-28-21-17-22-29-47)55(65-40-48-30-23-18-24-31-48)51(60-54(61)37-59-56(62)49-33-35-50(58)36-34-49)41-66-57-45(4)43(2)44(3)53(67-57)42-63-38-46-26-19-16-20-27-46/h21-26,30-33,37-40,45-47,52,54-55,57-58,62H,5-20,27-29,34-36,41-44H2,1-4H3,(H,60,63);16-24,26-31,33-36,43-45,51-53,55,57H,5-15,25,32,37-42H2,1-4H3,(H,59,62)(H,60,61)/t45-,46+,47?,52-,54+,55?,57-,58-;43-,44+,45?,51-,52+,53?,55-,57-/m00/s1. The molecule has 0 bridgehead atoms. The molecule has 4 unspecified atom stereocenters. The van der Waals surface area contributed by atoms with Crippen molar-refractivity contribution in [1.29, 1.82) is 0 Å². The Morgan fingerprint density at radius 2 is 0.679 bits per heavy atom. The van der Waals surface area contributed by atoms with Gasteiger partial charge in [0.05, 0.1) is 103 Å². The Labute approximate surface area is 804 Å². The Balaban J connectivity index is 0.000000330. The summed E-state index contributed by atoms with van der Waals surface area (Å²) in [5.74, 6) is -0.516. The fourth-order valence-corrected chi connectivity index (χ4v) is 18.1. The summed E-state index contributed by atoms with van der Waals surface area (Å²) in [5, 5.41) is 21.2. The van der Waals surface area contributed by atoms with Crippen LogP contribution in [-0.2, 0) is 85.3 Å². The van der Waals surface area contributed by atoms with E-state index in [9.17, 15) is 33.1 Å². The van der Waals surface area contributed by atoms with Crippen LogP contribution < -0.4 is 16.0 Å². The number of amides is 3. The normalized spacial score (nSPS) is 19.7. The molecule has 2 aliphatic heterocycles. The number of ketones is 1. The van der Waals surface area contributed by atoms with Crippen molar-refractivity contribution in [2.45, 2.75) is 374 Å². The SMILES string of the molecule is CCCCCCCCCCCCCC[C@@H](O)[C@@H](OCc1ccccc1)[C@H](CO[C@H]1OC(COCc2ccccc2)[C@H](C)[C@H](C)C1C)NC(=O)CCCCCCCCCC(=O)c1ccc(F)cc1.CCCCCCCCCCCCCC[C@@H](OCc1ccccc1)[C@@H](OCc1ccccc1)[C@H](CO[C@H]1OC(COCc2ccccc2)[C@H](C)[C@H](C)C1C)NC(=O)CNC(=O)c1ccc(F)cc1. The molecule has 2 aliphatic rings. The van der Waals surface area contributed by atoms with Gasteiger partial charge in [0, 0.05) is 35.8 Å². The molecule has 134 heavy (non-hydrogen) atoms. The van der Waals surface area contributed by atoms with Crippen LogP contribution in [0.5, 0.6) is 0 Å². The molecule has 2 fully saturated rings. The molecule has 16 atom stereocenters. The van der Waals surface area contributed by atoms with Crippen molar-refractivity contribution >= 4 is 23.5 Å². The van der Waals surface area contributed by atoms with Crippen molar-refractivity contribution in [3.63, 3.8) is 0 Å². The summed E-state index contributed by atoms with van der Waals surface area (Å²) in [7, 11) is 0. The van der Waals surface area contributed by atoms with Crippen molar-refractivity contribution in [2.75, 3.05) is 33.0 Å². The maximum absolute atomic E-state index is 14.0. The molecule has 9 rings (SSSR count). The van der Waals surface area contributed by atoms with Crippen LogP contribution in [0.4, 0.5) is 8.78 Å². The average molecular weight is 1850 g/mol. The highest BCUT2D eigenvalue weighted by Gasteiger charge is 2.44. The lowest BCUT2D eigenvalue weighted by molar-refractivity contribution is -0.262. The third kappa shape index (κ3) is 44.3. The molecule has 0 aromatic heterocycles. The third-order valence-electron chi connectivity index (χ3n) is 27.4. The van der Waals surface area contributed by atoms with E-state index in [4.69, 9.17) is 42.6 Å². The molecule has 740 valence electrons. The van der Waals surface area contributed by atoms with Gasteiger partial charge in [-0.15, -0.1) is 0 Å². The summed E-state index contributed by atoms with van der Waals surface area (Å²) >= 11 is 0. The Bertz CT molecular complexity index is 4160. The zero-order valence-corrected chi connectivity index (χ0v) is 82.6. The minimum Gasteiger partial charge on any atom is -0.390 e. The summed E-state index contributed by atoms with van der Waals surface area (Å²) < 4.78 is 86.5. The van der Waals surface area contributed by atoms with E-state index in [1.165, 1.54) is 152 Å². The van der Waals surface area contributed by atoms with E-state index in [0.29, 0.717) is 76.8 Å². The van der Waals surface area contributed by atoms with E-state index in [1.54, 1.807) is 12.1 Å². The molecular formula is C115H167F2N3O14. The van der Waals surface area contributed by atoms with Gasteiger partial charge in [0.25, 0.3) is 5.91 Å². The number of unbranched alkanes of at least 4 members (excludes halogenated alkanes) is 28. The molecule has 3 amide bonds. The zero-order chi connectivity index (χ0) is 95.4. The van der Waals surface area contributed by atoms with Gasteiger partial charge in [-0.1, -0.05) is 393 Å². The number of ether oxygens (including phenoxy) is 9. The highest BCUT2D eigenvalue weighted by molar-refractivity contribution is 5.96. The number of aliphatic hydroxyl groups excluding tert-OH is 1. The smallest absolute Gasteiger partial charge is 0.251 e. The van der Waals surface area contributed by atoms with Crippen molar-refractivity contribution in [3.8, 4) is 0 Å². The number of hydrogen-bond acceptors (Lipinski definition) is 14. The molecule has 7 aromatic rings. The van der Waals surface area contributed by atoms with Gasteiger partial charge in [-0.05, 0) is 126 Å². The highest BCUT2D eigenvalue weighted by Crippen LogP contribution is 2.39. The quantitative estimate of drug-likeness (QED) is 0.0207. The first-order chi connectivity index (χ1) is 65.4. The van der Waals surface area contributed by atoms with Crippen molar-refractivity contribution in [1.82, 2.24) is 16.0 Å². The number of carbonyl (C=O) groups excluding carboxylic acids is 4. The summed E-state index contributed by atoms with van der Waals surface area (Å²) in [5.41, 5.74) is 6.06. The molecule has 7 aromatic carbocycles. The van der Waals surface area contributed by atoms with E-state index >= 15 is 0 Å². The first kappa shape index (κ1) is 111. The second-order valence-corrected chi connectivity index (χ2v) is 38.1. The maximum atomic E-state index is 14.0. The number of Topliss-reactive ketones (excluding diaryl/α,β-unsaturated/α-hetero) is 1. The summed E-state index contributed by atoms with van der Waals surface area (Å²) in [4.78, 5) is 53.3. The summed E-state index contributed by atoms with van der Waals surface area (Å²) in [6.07, 6.45) is 34.4. The lowest BCUT2D eigenvalue weighted by Crippen LogP contribution is -2.56. The van der Waals surface area contributed by atoms with E-state index in [0.717, 1.165) is 111 Å². The number of nitrogens with one attached hydrogen (secondary N) is 3. The number of aliphatic hydroxyl groups is 1. The third-order valence-corrected chi connectivity index (χ3v) is 27.4. The van der Waals surface area contributed by atoms with Gasteiger partial charge in [-0.25, -0.2) is 8.78 Å². The largest absolute Gasteiger partial charge is 0.390 e. The number of halogens is 2. The number of hydrogen-bond donors (Lipinski definition) is 4. The number of carbonyl (C=O) groups is 4. The van der Waals surface area contributed by atoms with Gasteiger partial charge in [-0.2, -0.15) is 0 Å². The minimum atomic E-state index is -0.797. The van der Waals surface area contributed by atoms with Crippen LogP contribution in [0.15, 0.2) is 200 Å². The topological polar surface area (TPSA) is 208 Å². The Kier molecular flexibility index (Phi) is 56.0. The predicted molar refractivity (Wildman–Crippen MR) is 534 cm³/mol. The highest BCUT2D eigenvalue weighted by atomic mass is 19.1. The monoisotopic (exact) mass is 1850 g/mol. The molecule has 0 aliphatic carbocycles. The predicted octanol–water partition coefficient (Wildman–Crippen LogP) is 26.1. The van der Waals surface area contributed by atoms with Crippen LogP contribution in [0, 0.1) is 47.1 Å². The van der Waals surface area contributed by atoms with Crippen molar-refractivity contribution < 1.29 is 75.7 Å². The second-order valence-electron chi connectivity index (χ2n) is 38.1. The molecule has 0 spiro atoms. The van der Waals surface area contributed by atoms with Crippen LogP contribution in [0.2, 0.25) is 0 Å². The fraction of sp³-hybridized carbons (Fsp3) is 0.600. The van der Waals surface area contributed by atoms with Crippen molar-refractivity contribution in [2.24, 2.45) is 35.5 Å². The van der Waals surface area contributed by atoms with Gasteiger partial charge in [0.1, 0.15) is 23.8 Å². The molecule has 4 N–H and O–H groups in total. The lowest BCUT2D eigenvalue weighted by atomic mass is 9.79. The van der Waals surface area contributed by atoms with E-state index < -0.39 is 66.7 Å². The summed E-state index contributed by atoms with van der Waals surface area (Å²) in [6.45, 7) is 20.5. The summed E-state index contributed by atoms with van der Waals surface area (Å²) in [6, 6.07) is 60.1. The molecule has 0 saturated carbocycles. The van der Waals surface area contributed by atoms with Crippen LogP contribution in [-0.4, -0.2) is 123 Å². The van der Waals surface area contributed by atoms with Crippen LogP contribution in [0.25, 0.3) is 0 Å². The average Bonchev–Trinajstić information content (AvgIpc) is 0.812. The molecule has 17 nitrogen and oxygen atoms in total. The zero-order valence-electron chi connectivity index (χ0n) is 82.6. The van der Waals surface area contributed by atoms with Crippen LogP contribution >= 0.6 is 0 Å². The first-order valence-corrected chi connectivity index (χ1v) is 51.7. The van der Waals surface area contributed by atoms with E-state index in [1.807, 2.05) is 115 Å². The molecule has 2 saturated heterocycles. The van der Waals surface area contributed by atoms with Crippen LogP contribution in [0.1, 0.15) is 329 Å². The van der Waals surface area contributed by atoms with Crippen molar-refractivity contribution in [3.05, 3.63) is 251 Å². The van der Waals surface area contributed by atoms with Crippen LogP contribution in [0.3, 0.4) is 0 Å². The van der Waals surface area contributed by atoms with Gasteiger partial charge in [-0.3, -0.25) is 19.2 Å². The Morgan fingerprint density at radius 1 is 0.351 bits per heavy atom. The minimum absolute atomic E-state index is 0.0431. The van der Waals surface area contributed by atoms with Gasteiger partial charge < -0.3 is 63.7 Å². The van der Waals surface area contributed by atoms with E-state index in [2.05, 4.69) is 108 Å². The van der Waals surface area contributed by atoms with Gasteiger partial charge in [0.2, 0.25) is 11.8 Å². The molecule has 2 heterocycles. The number of rotatable bonds is 69. The Hall–Kier alpha value is -7.92. The van der Waals surface area contributed by atoms with Gasteiger partial charge in [0.15, 0.2) is 18.4 Å². The first-order valence-electron chi connectivity index (χ1n) is 51.7. The molecule has 0 radical (unpaired) electrons. The molecule has 19 heteroatoms. The fourth-order valence-electron chi connectivity index (χ4n) is 18.1. The maximum Gasteiger partial charge on any atom is 0.251 e. The van der Waals surface area contributed by atoms with E-state index in [-0.39, 0.29) is 91.2 Å². The number of benzene rings is 7. The Morgan fingerprint density at radius 3 is 1.08 bits per heavy atom. The second kappa shape index (κ2) is 67.4.